The van der Waals surface area contributed by atoms with Crippen LogP contribution in [0.5, 0.6) is 0 Å². The van der Waals surface area contributed by atoms with Crippen LogP contribution in [0.15, 0.2) is 23.1 Å². The Morgan fingerprint density at radius 1 is 1.38 bits per heavy atom. The monoisotopic (exact) mass is 310 g/mol. The van der Waals surface area contributed by atoms with Gasteiger partial charge in [-0.15, -0.1) is 0 Å². The summed E-state index contributed by atoms with van der Waals surface area (Å²) in [6, 6.07) is 5.34. The van der Waals surface area contributed by atoms with E-state index in [-0.39, 0.29) is 12.1 Å². The molecule has 0 saturated heterocycles. The van der Waals surface area contributed by atoms with E-state index < -0.39 is 10.0 Å². The van der Waals surface area contributed by atoms with E-state index in [1.54, 1.807) is 12.1 Å². The normalized spacial score (nSPS) is 24.8. The van der Waals surface area contributed by atoms with Crippen LogP contribution in [0.2, 0.25) is 0 Å². The third kappa shape index (κ3) is 3.22. The molecule has 0 bridgehead atoms. The molecule has 1 heterocycles. The molecule has 1 aliphatic carbocycles. The highest BCUT2D eigenvalue weighted by atomic mass is 32.2. The van der Waals surface area contributed by atoms with E-state index in [1.807, 2.05) is 13.0 Å². The van der Waals surface area contributed by atoms with Gasteiger partial charge in [0.1, 0.15) is 0 Å². The first-order valence-electron chi connectivity index (χ1n) is 7.59. The van der Waals surface area contributed by atoms with Gasteiger partial charge < -0.3 is 10.1 Å². The molecule has 6 heteroatoms. The Morgan fingerprint density at radius 2 is 2.19 bits per heavy atom. The first kappa shape index (κ1) is 14.8. The van der Waals surface area contributed by atoms with Crippen molar-refractivity contribution in [1.82, 2.24) is 4.72 Å². The summed E-state index contributed by atoms with van der Waals surface area (Å²) < 4.78 is 33.1. The lowest BCUT2D eigenvalue weighted by Crippen LogP contribution is -2.47. The number of fused-ring (bicyclic) bond motifs is 1. The Hall–Kier alpha value is -1.11. The maximum atomic E-state index is 12.4. The number of hydrogen-bond acceptors (Lipinski definition) is 4. The van der Waals surface area contributed by atoms with Crippen LogP contribution in [0.4, 0.5) is 5.69 Å². The zero-order valence-corrected chi connectivity index (χ0v) is 13.1. The predicted molar refractivity (Wildman–Crippen MR) is 82.0 cm³/mol. The summed E-state index contributed by atoms with van der Waals surface area (Å²) in [5, 5.41) is 3.29. The molecule has 1 aliphatic heterocycles. The highest BCUT2D eigenvalue weighted by Gasteiger charge is 2.33. The average Bonchev–Trinajstić information content (AvgIpc) is 2.44. The maximum absolute atomic E-state index is 12.4. The smallest absolute Gasteiger partial charge is 0.240 e. The van der Waals surface area contributed by atoms with Crippen LogP contribution in [-0.4, -0.2) is 33.7 Å². The Bertz CT molecular complexity index is 609. The fraction of sp³-hybridized carbons (Fsp3) is 0.600. The van der Waals surface area contributed by atoms with Crippen LogP contribution in [0, 0.1) is 0 Å². The molecule has 5 nitrogen and oxygen atoms in total. The van der Waals surface area contributed by atoms with E-state index in [2.05, 4.69) is 10.0 Å². The van der Waals surface area contributed by atoms with Gasteiger partial charge in [-0.05, 0) is 56.4 Å². The molecule has 1 fully saturated rings. The summed E-state index contributed by atoms with van der Waals surface area (Å²) in [7, 11) is -3.43. The third-order valence-electron chi connectivity index (χ3n) is 4.14. The van der Waals surface area contributed by atoms with Gasteiger partial charge in [-0.2, -0.15) is 0 Å². The van der Waals surface area contributed by atoms with Crippen molar-refractivity contribution in [3.8, 4) is 0 Å². The van der Waals surface area contributed by atoms with Crippen molar-refractivity contribution < 1.29 is 13.2 Å². The van der Waals surface area contributed by atoms with Gasteiger partial charge in [0.25, 0.3) is 0 Å². The van der Waals surface area contributed by atoms with E-state index in [9.17, 15) is 8.42 Å². The Kier molecular flexibility index (Phi) is 4.19. The van der Waals surface area contributed by atoms with Crippen LogP contribution in [0.3, 0.4) is 0 Å². The molecule has 0 spiro atoms. The second-order valence-electron chi connectivity index (χ2n) is 5.72. The molecule has 0 radical (unpaired) electrons. The number of aryl methyl sites for hydroxylation is 1. The number of sulfonamides is 1. The summed E-state index contributed by atoms with van der Waals surface area (Å²) in [6.07, 6.45) is 3.71. The molecular formula is C15H22N2O3S. The molecule has 1 aromatic carbocycles. The van der Waals surface area contributed by atoms with E-state index >= 15 is 0 Å². The van der Waals surface area contributed by atoms with Gasteiger partial charge in [0.05, 0.1) is 11.0 Å². The maximum Gasteiger partial charge on any atom is 0.240 e. The van der Waals surface area contributed by atoms with Crippen LogP contribution >= 0.6 is 0 Å². The van der Waals surface area contributed by atoms with Crippen LogP contribution in [0.1, 0.15) is 31.7 Å². The largest absolute Gasteiger partial charge is 0.385 e. The average molecular weight is 310 g/mol. The molecule has 0 atom stereocenters. The standard InChI is InChI=1S/C15H22N2O3S/c1-2-20-13-9-12(10-13)17-21(18,19)14-5-6-15-11(8-14)4-3-7-16-15/h5-6,8,12-13,16-17H,2-4,7,9-10H2,1H3. The summed E-state index contributed by atoms with van der Waals surface area (Å²) in [5.74, 6) is 0. The molecule has 116 valence electrons. The van der Waals surface area contributed by atoms with Crippen LogP contribution < -0.4 is 10.0 Å². The van der Waals surface area contributed by atoms with Gasteiger partial charge in [-0.25, -0.2) is 13.1 Å². The summed E-state index contributed by atoms with van der Waals surface area (Å²) in [6.45, 7) is 3.60. The van der Waals surface area contributed by atoms with Crippen molar-refractivity contribution in [2.24, 2.45) is 0 Å². The molecule has 3 rings (SSSR count). The first-order valence-corrected chi connectivity index (χ1v) is 9.07. The van der Waals surface area contributed by atoms with Gasteiger partial charge >= 0.3 is 0 Å². The summed E-state index contributed by atoms with van der Waals surface area (Å²) >= 11 is 0. The number of nitrogens with one attached hydrogen (secondary N) is 2. The third-order valence-corrected chi connectivity index (χ3v) is 5.66. The van der Waals surface area contributed by atoms with E-state index in [0.717, 1.165) is 43.5 Å². The Morgan fingerprint density at radius 3 is 2.95 bits per heavy atom. The van der Waals surface area contributed by atoms with Crippen molar-refractivity contribution in [1.29, 1.82) is 0 Å². The molecule has 0 unspecified atom stereocenters. The SMILES string of the molecule is CCOC1CC(NS(=O)(=O)c2ccc3c(c2)CCCN3)C1. The van der Waals surface area contributed by atoms with Crippen molar-refractivity contribution in [2.75, 3.05) is 18.5 Å². The highest BCUT2D eigenvalue weighted by molar-refractivity contribution is 7.89. The van der Waals surface area contributed by atoms with Crippen molar-refractivity contribution in [3.63, 3.8) is 0 Å². The minimum Gasteiger partial charge on any atom is -0.385 e. The number of hydrogen-bond donors (Lipinski definition) is 2. The van der Waals surface area contributed by atoms with Gasteiger partial charge in [0.15, 0.2) is 0 Å². The summed E-state index contributed by atoms with van der Waals surface area (Å²) in [5.41, 5.74) is 2.14. The molecule has 1 saturated carbocycles. The molecule has 0 amide bonds. The second-order valence-corrected chi connectivity index (χ2v) is 7.43. The molecule has 2 N–H and O–H groups in total. The Labute approximate surface area is 126 Å². The van der Waals surface area contributed by atoms with E-state index in [0.29, 0.717) is 11.5 Å². The summed E-state index contributed by atoms with van der Waals surface area (Å²) in [4.78, 5) is 0.366. The fourth-order valence-corrected chi connectivity index (χ4v) is 4.25. The van der Waals surface area contributed by atoms with Gasteiger partial charge in [0.2, 0.25) is 10.0 Å². The lowest BCUT2D eigenvalue weighted by molar-refractivity contribution is -0.00475. The Balaban J connectivity index is 1.68. The van der Waals surface area contributed by atoms with Gasteiger partial charge in [-0.3, -0.25) is 0 Å². The van der Waals surface area contributed by atoms with Crippen LogP contribution in [-0.2, 0) is 21.2 Å². The molecular weight excluding hydrogens is 288 g/mol. The molecule has 0 aromatic heterocycles. The number of anilines is 1. The zero-order valence-electron chi connectivity index (χ0n) is 12.3. The number of rotatable bonds is 5. The number of ether oxygens (including phenoxy) is 1. The minimum atomic E-state index is -3.43. The van der Waals surface area contributed by atoms with Crippen molar-refractivity contribution in [3.05, 3.63) is 23.8 Å². The van der Waals surface area contributed by atoms with Crippen molar-refractivity contribution >= 4 is 15.7 Å². The topological polar surface area (TPSA) is 67.4 Å². The quantitative estimate of drug-likeness (QED) is 0.871. The van der Waals surface area contributed by atoms with E-state index in [4.69, 9.17) is 4.74 Å². The lowest BCUT2D eigenvalue weighted by Gasteiger charge is -2.35. The van der Waals surface area contributed by atoms with Crippen molar-refractivity contribution in [2.45, 2.75) is 49.6 Å². The molecule has 2 aliphatic rings. The molecule has 1 aromatic rings. The van der Waals surface area contributed by atoms with Gasteiger partial charge in [0, 0.05) is 24.9 Å². The lowest BCUT2D eigenvalue weighted by atomic mass is 9.90. The van der Waals surface area contributed by atoms with E-state index in [1.165, 1.54) is 0 Å². The predicted octanol–water partition coefficient (Wildman–Crippen LogP) is 1.89. The number of benzene rings is 1. The fourth-order valence-electron chi connectivity index (χ4n) is 2.94. The highest BCUT2D eigenvalue weighted by Crippen LogP contribution is 2.27. The zero-order chi connectivity index (χ0) is 14.9. The second kappa shape index (κ2) is 5.94. The first-order chi connectivity index (χ1) is 10.1. The van der Waals surface area contributed by atoms with Crippen LogP contribution in [0.25, 0.3) is 0 Å². The minimum absolute atomic E-state index is 0.000655. The molecule has 21 heavy (non-hydrogen) atoms. The van der Waals surface area contributed by atoms with Gasteiger partial charge in [-0.1, -0.05) is 0 Å².